The zero-order chi connectivity index (χ0) is 27.3. The summed E-state index contributed by atoms with van der Waals surface area (Å²) in [6.45, 7) is 3.64. The Morgan fingerprint density at radius 3 is 2.71 bits per heavy atom. The smallest absolute Gasteiger partial charge is 0.272 e. The molecule has 3 atom stereocenters. The number of carbonyl (C=O) groups excluding carboxylic acids is 1. The maximum absolute atomic E-state index is 13.7. The summed E-state index contributed by atoms with van der Waals surface area (Å²) in [6.07, 6.45) is 6.84. The summed E-state index contributed by atoms with van der Waals surface area (Å²) >= 11 is 0. The molecule has 1 aliphatic heterocycles. The first-order chi connectivity index (χ1) is 18.2. The predicted molar refractivity (Wildman–Crippen MR) is 145 cm³/mol. The highest BCUT2D eigenvalue weighted by molar-refractivity contribution is 7.89. The third kappa shape index (κ3) is 6.37. The van der Waals surface area contributed by atoms with E-state index in [9.17, 15) is 18.3 Å². The Morgan fingerprint density at radius 1 is 1.26 bits per heavy atom. The third-order valence-corrected chi connectivity index (χ3v) is 9.47. The Hall–Kier alpha value is -2.93. The number of aromatic nitrogens is 1. The predicted octanol–water partition coefficient (Wildman–Crippen LogP) is 3.55. The van der Waals surface area contributed by atoms with Crippen molar-refractivity contribution in [1.82, 2.24) is 14.2 Å². The van der Waals surface area contributed by atoms with Crippen LogP contribution in [-0.2, 0) is 10.0 Å². The molecule has 4 rings (SSSR count). The van der Waals surface area contributed by atoms with Gasteiger partial charge in [-0.1, -0.05) is 37.7 Å². The lowest BCUT2D eigenvalue weighted by Gasteiger charge is -2.37. The van der Waals surface area contributed by atoms with E-state index in [2.05, 4.69) is 16.8 Å². The van der Waals surface area contributed by atoms with Crippen LogP contribution in [0, 0.1) is 23.7 Å². The van der Waals surface area contributed by atoms with Crippen LogP contribution in [0.25, 0.3) is 0 Å². The van der Waals surface area contributed by atoms with Gasteiger partial charge in [-0.2, -0.15) is 4.31 Å². The lowest BCUT2D eigenvalue weighted by molar-refractivity contribution is 0.0559. The number of aliphatic hydroxyl groups excluding tert-OH is 1. The molecule has 0 unspecified atom stereocenters. The molecule has 1 saturated carbocycles. The highest BCUT2D eigenvalue weighted by Crippen LogP contribution is 2.34. The second-order valence-corrected chi connectivity index (χ2v) is 12.3. The number of ether oxygens (including phenoxy) is 1. The summed E-state index contributed by atoms with van der Waals surface area (Å²) in [5.74, 6) is 6.77. The van der Waals surface area contributed by atoms with Crippen molar-refractivity contribution in [3.63, 3.8) is 0 Å². The number of rotatable bonds is 6. The van der Waals surface area contributed by atoms with Crippen LogP contribution in [0.4, 0.5) is 0 Å². The fourth-order valence-corrected chi connectivity index (χ4v) is 6.90. The van der Waals surface area contributed by atoms with Gasteiger partial charge in [0.25, 0.3) is 5.91 Å². The Bertz CT molecular complexity index is 1280. The number of pyridine rings is 1. The van der Waals surface area contributed by atoms with Gasteiger partial charge in [0, 0.05) is 43.7 Å². The molecule has 0 radical (unpaired) electrons. The maximum atomic E-state index is 13.7. The van der Waals surface area contributed by atoms with Crippen LogP contribution in [0.15, 0.2) is 47.5 Å². The van der Waals surface area contributed by atoms with Gasteiger partial charge in [-0.15, -0.1) is 0 Å². The van der Waals surface area contributed by atoms with Crippen LogP contribution in [0.3, 0.4) is 0 Å². The van der Waals surface area contributed by atoms with Crippen molar-refractivity contribution in [2.75, 3.05) is 26.7 Å². The summed E-state index contributed by atoms with van der Waals surface area (Å²) in [5, 5.41) is 9.84. The number of nitrogens with zero attached hydrogens (tertiary/aromatic N) is 3. The topological polar surface area (TPSA) is 100 Å². The number of carbonyl (C=O) groups is 1. The Morgan fingerprint density at radius 2 is 2.03 bits per heavy atom. The molecule has 204 valence electrons. The van der Waals surface area contributed by atoms with Gasteiger partial charge in [0.1, 0.15) is 22.4 Å². The van der Waals surface area contributed by atoms with E-state index >= 15 is 0 Å². The molecule has 8 nitrogen and oxygen atoms in total. The van der Waals surface area contributed by atoms with Crippen molar-refractivity contribution in [3.05, 3.63) is 53.9 Å². The lowest BCUT2D eigenvalue weighted by Crippen LogP contribution is -2.50. The van der Waals surface area contributed by atoms with Crippen molar-refractivity contribution < 1.29 is 23.1 Å². The van der Waals surface area contributed by atoms with E-state index in [1.165, 1.54) is 36.1 Å². The van der Waals surface area contributed by atoms with E-state index in [0.29, 0.717) is 17.2 Å². The van der Waals surface area contributed by atoms with Crippen molar-refractivity contribution in [1.29, 1.82) is 0 Å². The largest absolute Gasteiger partial charge is 0.487 e. The molecular formula is C29H37N3O5S. The minimum atomic E-state index is -3.94. The molecule has 0 bridgehead atoms. The highest BCUT2D eigenvalue weighted by atomic mass is 32.2. The van der Waals surface area contributed by atoms with Crippen LogP contribution >= 0.6 is 0 Å². The summed E-state index contributed by atoms with van der Waals surface area (Å²) in [7, 11) is -2.26. The van der Waals surface area contributed by atoms with E-state index < -0.39 is 22.2 Å². The van der Waals surface area contributed by atoms with Crippen molar-refractivity contribution in [2.45, 2.75) is 63.0 Å². The molecule has 2 heterocycles. The average Bonchev–Trinajstić information content (AvgIpc) is 3.43. The molecular weight excluding hydrogens is 502 g/mol. The molecule has 9 heteroatoms. The SMILES string of the molecule is C[C@H](CO)N1C[C@H](C)[C@H](CN(C)C(=O)c2ccccn2)Oc2cc(C#CCC3CCCC3)ccc2S1(=O)=O. The highest BCUT2D eigenvalue weighted by Gasteiger charge is 2.38. The number of benzene rings is 1. The first-order valence-corrected chi connectivity index (χ1v) is 14.7. The average molecular weight is 540 g/mol. The molecule has 2 aliphatic rings. The quantitative estimate of drug-likeness (QED) is 0.564. The minimum absolute atomic E-state index is 0.0368. The molecule has 0 spiro atoms. The summed E-state index contributed by atoms with van der Waals surface area (Å²) in [6, 6.07) is 9.48. The minimum Gasteiger partial charge on any atom is -0.487 e. The number of hydrogen-bond acceptors (Lipinski definition) is 6. The Balaban J connectivity index is 1.66. The molecule has 1 N–H and O–H groups in total. The van der Waals surface area contributed by atoms with Crippen LogP contribution in [0.1, 0.15) is 62.0 Å². The Kier molecular flexibility index (Phi) is 9.08. The van der Waals surface area contributed by atoms with Gasteiger partial charge < -0.3 is 14.7 Å². The van der Waals surface area contributed by atoms with Gasteiger partial charge in [-0.3, -0.25) is 9.78 Å². The van der Waals surface area contributed by atoms with Crippen LogP contribution in [0.2, 0.25) is 0 Å². The molecule has 1 aromatic carbocycles. The molecule has 1 aliphatic carbocycles. The zero-order valence-corrected chi connectivity index (χ0v) is 23.2. The number of likely N-dealkylation sites (N-methyl/N-ethyl adjacent to an activating group) is 1. The second-order valence-electron chi connectivity index (χ2n) is 10.5. The number of amides is 1. The van der Waals surface area contributed by atoms with Gasteiger partial charge in [0.2, 0.25) is 10.0 Å². The van der Waals surface area contributed by atoms with E-state index in [4.69, 9.17) is 4.74 Å². The summed E-state index contributed by atoms with van der Waals surface area (Å²) in [4.78, 5) is 18.7. The van der Waals surface area contributed by atoms with Gasteiger partial charge in [-0.05, 0) is 56.0 Å². The number of fused-ring (bicyclic) bond motifs is 1. The third-order valence-electron chi connectivity index (χ3n) is 7.45. The number of aliphatic hydroxyl groups is 1. The first-order valence-electron chi connectivity index (χ1n) is 13.3. The molecule has 0 saturated heterocycles. The van der Waals surface area contributed by atoms with Crippen molar-refractivity contribution in [2.24, 2.45) is 11.8 Å². The summed E-state index contributed by atoms with van der Waals surface area (Å²) in [5.41, 5.74) is 1.01. The fraction of sp³-hybridized carbons (Fsp3) is 0.517. The number of sulfonamides is 1. The lowest BCUT2D eigenvalue weighted by atomic mass is 10.0. The second kappa shape index (κ2) is 12.3. The molecule has 2 aromatic rings. The van der Waals surface area contributed by atoms with E-state index in [1.807, 2.05) is 6.92 Å². The maximum Gasteiger partial charge on any atom is 0.272 e. The first kappa shape index (κ1) is 28.1. The molecule has 1 fully saturated rings. The van der Waals surface area contributed by atoms with Crippen LogP contribution in [0.5, 0.6) is 5.75 Å². The molecule has 38 heavy (non-hydrogen) atoms. The van der Waals surface area contributed by atoms with Crippen molar-refractivity contribution in [3.8, 4) is 17.6 Å². The van der Waals surface area contributed by atoms with E-state index in [0.717, 1.165) is 6.42 Å². The van der Waals surface area contributed by atoms with Gasteiger partial charge >= 0.3 is 0 Å². The normalized spacial score (nSPS) is 22.2. The number of hydrogen-bond donors (Lipinski definition) is 1. The van der Waals surface area contributed by atoms with E-state index in [-0.39, 0.29) is 42.2 Å². The molecule has 1 amide bonds. The molecule has 1 aromatic heterocycles. The zero-order valence-electron chi connectivity index (χ0n) is 22.3. The fourth-order valence-electron chi connectivity index (χ4n) is 5.07. The van der Waals surface area contributed by atoms with Gasteiger partial charge in [0.05, 0.1) is 13.2 Å². The van der Waals surface area contributed by atoms with Gasteiger partial charge in [0.15, 0.2) is 0 Å². The Labute approximate surface area is 226 Å². The van der Waals surface area contributed by atoms with E-state index in [1.54, 1.807) is 55.4 Å². The van der Waals surface area contributed by atoms with Crippen LogP contribution < -0.4 is 4.74 Å². The standard InChI is InChI=1S/C29H37N3O5S/c1-21-18-32(22(2)20-33)38(35,36)28-15-14-24(12-8-11-23-9-4-5-10-23)17-26(28)37-27(21)19-31(3)29(34)25-13-6-7-16-30-25/h6-7,13-17,21-23,27,33H,4-5,9-11,18-20H2,1-3H3/t21-,22+,27-/m0/s1. The van der Waals surface area contributed by atoms with Crippen LogP contribution in [-0.4, -0.2) is 72.5 Å². The monoisotopic (exact) mass is 539 g/mol. The summed E-state index contributed by atoms with van der Waals surface area (Å²) < 4.78 is 35.0. The van der Waals surface area contributed by atoms with Gasteiger partial charge in [-0.25, -0.2) is 8.42 Å². The van der Waals surface area contributed by atoms with Crippen molar-refractivity contribution >= 4 is 15.9 Å².